The maximum atomic E-state index is 8.86. The second kappa shape index (κ2) is 11.9. The first-order valence-corrected chi connectivity index (χ1v) is 19.7. The van der Waals surface area contributed by atoms with Crippen molar-refractivity contribution in [1.82, 2.24) is 14.5 Å². The number of hydrogen-bond acceptors (Lipinski definition) is 4. The number of furan rings is 2. The Balaban J connectivity index is 1.35. The molecule has 4 heterocycles. The lowest BCUT2D eigenvalue weighted by Crippen LogP contribution is -2.18. The summed E-state index contributed by atoms with van der Waals surface area (Å²) in [6, 6.07) is 30.0. The minimum absolute atomic E-state index is 0.0668. The molecule has 0 radical (unpaired) electrons. The van der Waals surface area contributed by atoms with E-state index in [-0.39, 0.29) is 50.5 Å². The first-order chi connectivity index (χ1) is 29.2. The summed E-state index contributed by atoms with van der Waals surface area (Å²) in [4.78, 5) is 10.5. The number of fused-ring (bicyclic) bond motifs is 9. The van der Waals surface area contributed by atoms with Crippen molar-refractivity contribution >= 4 is 55.2 Å². The Kier molecular flexibility index (Phi) is 6.10. The van der Waals surface area contributed by atoms with Gasteiger partial charge in [0.15, 0.2) is 5.58 Å². The fraction of sp³-hybridized carbons (Fsp3) is 0.294. The zero-order chi connectivity index (χ0) is 44.0. The van der Waals surface area contributed by atoms with Crippen molar-refractivity contribution in [3.8, 4) is 28.2 Å². The van der Waals surface area contributed by atoms with Gasteiger partial charge in [-0.25, -0.2) is 9.97 Å². The molecule has 0 spiro atoms. The highest BCUT2D eigenvalue weighted by atomic mass is 16.3. The highest BCUT2D eigenvalue weighted by Crippen LogP contribution is 2.54. The maximum Gasteiger partial charge on any atom is 0.228 e. The summed E-state index contributed by atoms with van der Waals surface area (Å²) < 4.78 is 66.3. The van der Waals surface area contributed by atoms with E-state index < -0.39 is 13.7 Å². The minimum Gasteiger partial charge on any atom is -0.453 e. The summed E-state index contributed by atoms with van der Waals surface area (Å²) in [7, 11) is 0. The quantitative estimate of drug-likeness (QED) is 0.176. The van der Waals surface area contributed by atoms with Gasteiger partial charge >= 0.3 is 0 Å². The first kappa shape index (κ1) is 28.7. The van der Waals surface area contributed by atoms with Crippen LogP contribution in [0.4, 0.5) is 0 Å². The van der Waals surface area contributed by atoms with E-state index in [0.29, 0.717) is 38.8 Å². The average Bonchev–Trinajstić information content (AvgIpc) is 3.92. The molecule has 0 bridgehead atoms. The van der Waals surface area contributed by atoms with Crippen molar-refractivity contribution < 1.29 is 17.1 Å². The summed E-state index contributed by atoms with van der Waals surface area (Å²) in [5.41, 5.74) is 12.1. The molecule has 0 unspecified atom stereocenters. The van der Waals surface area contributed by atoms with E-state index in [4.69, 9.17) is 27.0 Å². The van der Waals surface area contributed by atoms with Crippen LogP contribution >= 0.6 is 0 Å². The van der Waals surface area contributed by atoms with Gasteiger partial charge in [-0.05, 0) is 119 Å². The number of imidazole rings is 1. The number of benzene rings is 5. The lowest BCUT2D eigenvalue weighted by Gasteiger charge is -2.27. The number of nitrogens with zero attached hydrogens (tertiary/aromatic N) is 3. The van der Waals surface area contributed by atoms with Gasteiger partial charge in [0.2, 0.25) is 5.71 Å². The molecule has 5 nitrogen and oxygen atoms in total. The minimum atomic E-state index is -2.68. The summed E-state index contributed by atoms with van der Waals surface area (Å²) in [6.07, 6.45) is 0.975. The van der Waals surface area contributed by atoms with Crippen LogP contribution in [0.15, 0.2) is 99.8 Å². The molecule has 0 aliphatic heterocycles. The third kappa shape index (κ3) is 4.92. The maximum absolute atomic E-state index is 8.86. The number of hydrogen-bond donors (Lipinski definition) is 0. The Bertz CT molecular complexity index is 3280. The van der Waals surface area contributed by atoms with Crippen molar-refractivity contribution in [3.05, 3.63) is 124 Å². The summed E-state index contributed by atoms with van der Waals surface area (Å²) >= 11 is 0. The molecule has 0 atom stereocenters. The van der Waals surface area contributed by atoms with Crippen LogP contribution in [0.3, 0.4) is 0 Å². The zero-order valence-corrected chi connectivity index (χ0v) is 33.2. The molecule has 10 rings (SSSR count). The molecule has 1 aliphatic carbocycles. The second-order valence-electron chi connectivity index (χ2n) is 17.7. The lowest BCUT2D eigenvalue weighted by molar-refractivity contribution is 0.404. The molecule has 9 aromatic rings. The SMILES string of the molecule is [2H]C([2H])([2H])c1ccc2oc3nc4c(oc5c(-c6nc7ccc8c(c7n6-c6c(C(C)C)cc(-c7ccccc7)cc6C(C)C)C(C)(C)CC8(C)C)cccc54)c(C([2H])([2H])[2H])c3c2c1. The largest absolute Gasteiger partial charge is 0.453 e. The molecule has 5 heteroatoms. The number of rotatable bonds is 5. The fourth-order valence-corrected chi connectivity index (χ4v) is 9.90. The van der Waals surface area contributed by atoms with Gasteiger partial charge in [-0.3, -0.25) is 4.57 Å². The van der Waals surface area contributed by atoms with E-state index in [9.17, 15) is 0 Å². The second-order valence-corrected chi connectivity index (χ2v) is 17.7. The van der Waals surface area contributed by atoms with Crippen LogP contribution in [0.2, 0.25) is 0 Å². The predicted molar refractivity (Wildman–Crippen MR) is 233 cm³/mol. The first-order valence-electron chi connectivity index (χ1n) is 22.7. The normalized spacial score (nSPS) is 17.2. The van der Waals surface area contributed by atoms with Crippen molar-refractivity contribution in [1.29, 1.82) is 0 Å². The molecule has 0 saturated heterocycles. The van der Waals surface area contributed by atoms with Crippen LogP contribution in [-0.2, 0) is 10.8 Å². The number of aromatic nitrogens is 3. The molecular weight excluding hydrogens is 687 g/mol. The van der Waals surface area contributed by atoms with Crippen LogP contribution in [0.5, 0.6) is 0 Å². The highest BCUT2D eigenvalue weighted by Gasteiger charge is 2.44. The van der Waals surface area contributed by atoms with E-state index >= 15 is 0 Å². The number of aryl methyl sites for hydroxylation is 2. The smallest absolute Gasteiger partial charge is 0.228 e. The fourth-order valence-electron chi connectivity index (χ4n) is 9.90. The summed E-state index contributed by atoms with van der Waals surface area (Å²) in [6.45, 7) is 13.2. The van der Waals surface area contributed by atoms with Crippen LogP contribution in [0.25, 0.3) is 83.4 Å². The average molecular weight is 742 g/mol. The van der Waals surface area contributed by atoms with Gasteiger partial charge < -0.3 is 8.83 Å². The van der Waals surface area contributed by atoms with Gasteiger partial charge in [0.05, 0.1) is 27.7 Å². The van der Waals surface area contributed by atoms with Crippen LogP contribution in [-0.4, -0.2) is 14.5 Å². The highest BCUT2D eigenvalue weighted by molar-refractivity contribution is 6.15. The lowest BCUT2D eigenvalue weighted by atomic mass is 9.81. The molecule has 5 aromatic carbocycles. The molecular formula is C51H49N3O2. The molecule has 0 saturated carbocycles. The monoisotopic (exact) mass is 741 g/mol. The topological polar surface area (TPSA) is 57.0 Å². The molecule has 0 fully saturated rings. The van der Waals surface area contributed by atoms with Crippen molar-refractivity contribution in [2.75, 3.05) is 0 Å². The standard InChI is InChI=1S/C51H49N3O2/c1-27(2)35-24-32(31-15-12-11-13-16-31)25-36(28(3)4)44(35)54-45-39(21-20-38-42(45)51(9,10)26-50(38,7)8)52-48(54)34-18-14-17-33-43-46(56-47(33)34)30(6)41-37-23-29(5)19-22-40(37)55-49(41)53-43/h11-25,27-28H,26H2,1-10H3/i5D3,6D3. The molecule has 0 amide bonds. The molecule has 280 valence electrons. The third-order valence-corrected chi connectivity index (χ3v) is 12.1. The van der Waals surface area contributed by atoms with Crippen LogP contribution < -0.4 is 0 Å². The predicted octanol–water partition coefficient (Wildman–Crippen LogP) is 14.4. The Morgan fingerprint density at radius 1 is 0.714 bits per heavy atom. The van der Waals surface area contributed by atoms with Crippen molar-refractivity contribution in [3.63, 3.8) is 0 Å². The van der Waals surface area contributed by atoms with Crippen LogP contribution in [0.1, 0.15) is 115 Å². The number of pyridine rings is 1. The molecule has 1 aliphatic rings. The van der Waals surface area contributed by atoms with E-state index in [2.05, 4.69) is 108 Å². The van der Waals surface area contributed by atoms with Gasteiger partial charge in [-0.15, -0.1) is 0 Å². The third-order valence-electron chi connectivity index (χ3n) is 12.1. The Labute approximate surface area is 336 Å². The van der Waals surface area contributed by atoms with E-state index in [1.165, 1.54) is 34.4 Å². The number of para-hydroxylation sites is 1. The summed E-state index contributed by atoms with van der Waals surface area (Å²) in [5, 5.41) is 1.19. The molecule has 56 heavy (non-hydrogen) atoms. The zero-order valence-electron chi connectivity index (χ0n) is 39.2. The van der Waals surface area contributed by atoms with Gasteiger partial charge in [0.25, 0.3) is 0 Å². The van der Waals surface area contributed by atoms with Gasteiger partial charge in [-0.2, -0.15) is 0 Å². The van der Waals surface area contributed by atoms with Gasteiger partial charge in [0.1, 0.15) is 22.5 Å². The van der Waals surface area contributed by atoms with Crippen LogP contribution in [0, 0.1) is 13.7 Å². The Morgan fingerprint density at radius 3 is 2.20 bits per heavy atom. The molecule has 0 N–H and O–H groups in total. The van der Waals surface area contributed by atoms with E-state index in [0.717, 1.165) is 34.3 Å². The molecule has 4 aromatic heterocycles. The van der Waals surface area contributed by atoms with Gasteiger partial charge in [0, 0.05) is 24.6 Å². The van der Waals surface area contributed by atoms with E-state index in [1.807, 2.05) is 24.3 Å². The van der Waals surface area contributed by atoms with E-state index in [1.54, 1.807) is 6.07 Å². The Morgan fingerprint density at radius 2 is 1.48 bits per heavy atom. The van der Waals surface area contributed by atoms with Crippen molar-refractivity contribution in [2.24, 2.45) is 0 Å². The Hall–Kier alpha value is -5.68. The van der Waals surface area contributed by atoms with Gasteiger partial charge in [-0.1, -0.05) is 109 Å². The van der Waals surface area contributed by atoms with Crippen molar-refractivity contribution in [2.45, 2.75) is 98.2 Å². The summed E-state index contributed by atoms with van der Waals surface area (Å²) in [5.74, 6) is 0.963.